The number of Topliss-reactive ketones (excluding diaryl/α,β-unsaturated/α-hetero) is 1. The van der Waals surface area contributed by atoms with E-state index in [9.17, 15) is 14.0 Å². The summed E-state index contributed by atoms with van der Waals surface area (Å²) in [6.07, 6.45) is -0.547. The smallest absolute Gasteiger partial charge is 0.313 e. The number of hydrogen-bond donors (Lipinski definition) is 0. The van der Waals surface area contributed by atoms with Gasteiger partial charge in [0.1, 0.15) is 23.6 Å². The first-order valence-electron chi connectivity index (χ1n) is 5.85. The van der Waals surface area contributed by atoms with Crippen LogP contribution in [0.2, 0.25) is 5.02 Å². The number of hydrogen-bond acceptors (Lipinski definition) is 3. The summed E-state index contributed by atoms with van der Waals surface area (Å²) in [5.74, 6) is -1.53. The molecule has 0 radical (unpaired) electrons. The monoisotopic (exact) mass is 286 g/mol. The summed E-state index contributed by atoms with van der Waals surface area (Å²) >= 11 is 5.72. The zero-order valence-electron chi connectivity index (χ0n) is 11.1. The summed E-state index contributed by atoms with van der Waals surface area (Å²) < 4.78 is 18.4. The van der Waals surface area contributed by atoms with Crippen LogP contribution in [-0.2, 0) is 20.7 Å². The van der Waals surface area contributed by atoms with Crippen LogP contribution in [0.5, 0.6) is 0 Å². The molecule has 19 heavy (non-hydrogen) atoms. The van der Waals surface area contributed by atoms with Gasteiger partial charge in [0.05, 0.1) is 0 Å². The molecule has 0 aliphatic heterocycles. The lowest BCUT2D eigenvalue weighted by atomic mass is 10.1. The third-order valence-corrected chi connectivity index (χ3v) is 2.39. The van der Waals surface area contributed by atoms with Crippen molar-refractivity contribution in [2.45, 2.75) is 39.2 Å². The van der Waals surface area contributed by atoms with Gasteiger partial charge < -0.3 is 4.74 Å². The van der Waals surface area contributed by atoms with E-state index in [4.69, 9.17) is 16.3 Å². The Morgan fingerprint density at radius 1 is 1.32 bits per heavy atom. The van der Waals surface area contributed by atoms with E-state index < -0.39 is 23.2 Å². The number of carbonyl (C=O) groups excluding carboxylic acids is 2. The first kappa shape index (κ1) is 15.6. The highest BCUT2D eigenvalue weighted by Gasteiger charge is 2.19. The Labute approximate surface area is 116 Å². The van der Waals surface area contributed by atoms with Crippen molar-refractivity contribution in [3.63, 3.8) is 0 Å². The van der Waals surface area contributed by atoms with Crippen LogP contribution in [0.15, 0.2) is 18.2 Å². The molecule has 0 amide bonds. The average molecular weight is 287 g/mol. The molecule has 1 aromatic carbocycles. The highest BCUT2D eigenvalue weighted by Crippen LogP contribution is 2.16. The maximum atomic E-state index is 13.4. The molecule has 0 aromatic heterocycles. The lowest BCUT2D eigenvalue weighted by Gasteiger charge is -2.19. The van der Waals surface area contributed by atoms with Crippen molar-refractivity contribution >= 4 is 23.4 Å². The number of ketones is 1. The van der Waals surface area contributed by atoms with E-state index in [2.05, 4.69) is 0 Å². The van der Waals surface area contributed by atoms with Crippen LogP contribution in [0.1, 0.15) is 32.8 Å². The molecule has 3 nitrogen and oxygen atoms in total. The van der Waals surface area contributed by atoms with Crippen molar-refractivity contribution in [1.29, 1.82) is 0 Å². The summed E-state index contributed by atoms with van der Waals surface area (Å²) in [6.45, 7) is 5.14. The zero-order chi connectivity index (χ0) is 14.6. The SMILES string of the molecule is CC(C)(C)OC(=O)CC(=O)Cc1cc(Cl)ccc1F. The molecule has 0 spiro atoms. The maximum Gasteiger partial charge on any atom is 0.313 e. The molecule has 0 fully saturated rings. The summed E-state index contributed by atoms with van der Waals surface area (Å²) in [6, 6.07) is 3.97. The van der Waals surface area contributed by atoms with Gasteiger partial charge in [0, 0.05) is 11.4 Å². The second kappa shape index (κ2) is 6.15. The lowest BCUT2D eigenvalue weighted by Crippen LogP contribution is -2.25. The third kappa shape index (κ3) is 5.83. The fourth-order valence-corrected chi connectivity index (χ4v) is 1.69. The van der Waals surface area contributed by atoms with Crippen LogP contribution >= 0.6 is 11.6 Å². The molecule has 0 saturated heterocycles. The quantitative estimate of drug-likeness (QED) is 0.630. The molecule has 0 unspecified atom stereocenters. The number of esters is 1. The van der Waals surface area contributed by atoms with E-state index in [0.29, 0.717) is 5.02 Å². The normalized spacial score (nSPS) is 11.2. The van der Waals surface area contributed by atoms with Gasteiger partial charge in [0.2, 0.25) is 0 Å². The minimum Gasteiger partial charge on any atom is -0.460 e. The van der Waals surface area contributed by atoms with Crippen molar-refractivity contribution < 1.29 is 18.7 Å². The maximum absolute atomic E-state index is 13.4. The minimum atomic E-state index is -0.640. The van der Waals surface area contributed by atoms with Crippen LogP contribution in [0.25, 0.3) is 0 Å². The number of benzene rings is 1. The molecule has 0 N–H and O–H groups in total. The van der Waals surface area contributed by atoms with Crippen LogP contribution in [0.3, 0.4) is 0 Å². The number of halogens is 2. The van der Waals surface area contributed by atoms with Crippen LogP contribution in [0, 0.1) is 5.82 Å². The Hall–Kier alpha value is -1.42. The van der Waals surface area contributed by atoms with Gasteiger partial charge in [-0.3, -0.25) is 9.59 Å². The van der Waals surface area contributed by atoms with E-state index in [1.54, 1.807) is 20.8 Å². The molecule has 104 valence electrons. The highest BCUT2D eigenvalue weighted by atomic mass is 35.5. The Morgan fingerprint density at radius 2 is 1.95 bits per heavy atom. The Morgan fingerprint density at radius 3 is 2.53 bits per heavy atom. The summed E-state index contributed by atoms with van der Waals surface area (Å²) in [5, 5.41) is 0.349. The summed E-state index contributed by atoms with van der Waals surface area (Å²) in [4.78, 5) is 23.1. The predicted octanol–water partition coefficient (Wildman–Crippen LogP) is 3.32. The molecule has 0 aliphatic rings. The van der Waals surface area contributed by atoms with Gasteiger partial charge in [-0.05, 0) is 44.5 Å². The van der Waals surface area contributed by atoms with E-state index in [-0.39, 0.29) is 18.4 Å². The van der Waals surface area contributed by atoms with E-state index in [1.807, 2.05) is 0 Å². The Balaban J connectivity index is 2.61. The first-order chi connectivity index (χ1) is 8.67. The molecular formula is C14H16ClFO3. The fraction of sp³-hybridized carbons (Fsp3) is 0.429. The van der Waals surface area contributed by atoms with Gasteiger partial charge >= 0.3 is 5.97 Å². The molecule has 1 aromatic rings. The number of carbonyl (C=O) groups is 2. The number of rotatable bonds is 4. The van der Waals surface area contributed by atoms with E-state index in [0.717, 1.165) is 0 Å². The number of ether oxygens (including phenoxy) is 1. The summed E-state index contributed by atoms with van der Waals surface area (Å²) in [5.41, 5.74) is -0.459. The topological polar surface area (TPSA) is 43.4 Å². The van der Waals surface area contributed by atoms with Gasteiger partial charge in [-0.1, -0.05) is 11.6 Å². The molecular weight excluding hydrogens is 271 g/mol. The van der Waals surface area contributed by atoms with E-state index >= 15 is 0 Å². The van der Waals surface area contributed by atoms with Crippen molar-refractivity contribution in [1.82, 2.24) is 0 Å². The van der Waals surface area contributed by atoms with Crippen LogP contribution in [-0.4, -0.2) is 17.4 Å². The van der Waals surface area contributed by atoms with Gasteiger partial charge in [-0.25, -0.2) is 4.39 Å². The molecule has 0 aliphatic carbocycles. The molecule has 0 saturated carbocycles. The average Bonchev–Trinajstić information content (AvgIpc) is 2.20. The van der Waals surface area contributed by atoms with Crippen molar-refractivity contribution in [3.8, 4) is 0 Å². The van der Waals surface area contributed by atoms with Crippen molar-refractivity contribution in [2.24, 2.45) is 0 Å². The molecule has 0 heterocycles. The lowest BCUT2D eigenvalue weighted by molar-refractivity contribution is -0.156. The van der Waals surface area contributed by atoms with Gasteiger partial charge in [-0.2, -0.15) is 0 Å². The van der Waals surface area contributed by atoms with Gasteiger partial charge in [-0.15, -0.1) is 0 Å². The largest absolute Gasteiger partial charge is 0.460 e. The van der Waals surface area contributed by atoms with Gasteiger partial charge in [0.25, 0.3) is 0 Å². The van der Waals surface area contributed by atoms with Crippen molar-refractivity contribution in [3.05, 3.63) is 34.6 Å². The van der Waals surface area contributed by atoms with E-state index in [1.165, 1.54) is 18.2 Å². The van der Waals surface area contributed by atoms with Crippen LogP contribution < -0.4 is 0 Å². The molecule has 0 bridgehead atoms. The predicted molar refractivity (Wildman–Crippen MR) is 70.6 cm³/mol. The first-order valence-corrected chi connectivity index (χ1v) is 6.22. The third-order valence-electron chi connectivity index (χ3n) is 2.16. The molecule has 1 rings (SSSR count). The molecule has 5 heteroatoms. The van der Waals surface area contributed by atoms with Crippen molar-refractivity contribution in [2.75, 3.05) is 0 Å². The van der Waals surface area contributed by atoms with Crippen LogP contribution in [0.4, 0.5) is 4.39 Å². The zero-order valence-corrected chi connectivity index (χ0v) is 11.9. The molecule has 0 atom stereocenters. The Kier molecular flexibility index (Phi) is 5.06. The van der Waals surface area contributed by atoms with Gasteiger partial charge in [0.15, 0.2) is 0 Å². The standard InChI is InChI=1S/C14H16ClFO3/c1-14(2,3)19-13(18)8-11(17)7-9-6-10(15)4-5-12(9)16/h4-6H,7-8H2,1-3H3. The summed E-state index contributed by atoms with van der Waals surface area (Å²) in [7, 11) is 0. The Bertz CT molecular complexity index is 492. The fourth-order valence-electron chi connectivity index (χ4n) is 1.49. The second-order valence-electron chi connectivity index (χ2n) is 5.21. The minimum absolute atomic E-state index is 0.175. The second-order valence-corrected chi connectivity index (χ2v) is 5.65. The highest BCUT2D eigenvalue weighted by molar-refractivity contribution is 6.30.